The van der Waals surface area contributed by atoms with Crippen LogP contribution in [0.2, 0.25) is 0 Å². The first-order valence-corrected chi connectivity index (χ1v) is 6.16. The quantitative estimate of drug-likeness (QED) is 0.788. The van der Waals surface area contributed by atoms with E-state index in [9.17, 15) is 4.79 Å². The van der Waals surface area contributed by atoms with E-state index in [1.54, 1.807) is 0 Å². The number of aryl methyl sites for hydroxylation is 1. The summed E-state index contributed by atoms with van der Waals surface area (Å²) in [4.78, 5) is 11.5. The third-order valence-corrected chi connectivity index (χ3v) is 2.80. The molecule has 0 saturated heterocycles. The van der Waals surface area contributed by atoms with Crippen LogP contribution in [0.25, 0.3) is 0 Å². The van der Waals surface area contributed by atoms with Gasteiger partial charge in [0.1, 0.15) is 0 Å². The Labute approximate surface area is 103 Å². The molecule has 1 aromatic carbocycles. The largest absolute Gasteiger partial charge is 0.356 e. The third kappa shape index (κ3) is 5.50. The number of hydrogen-bond acceptors (Lipinski definition) is 2. The molecule has 0 fully saturated rings. The van der Waals surface area contributed by atoms with Crippen LogP contribution in [0, 0.1) is 6.92 Å². The number of benzene rings is 1. The fraction of sp³-hybridized carbons (Fsp3) is 0.500. The first-order valence-electron chi connectivity index (χ1n) is 6.16. The average Bonchev–Trinajstić information content (AvgIpc) is 2.29. The van der Waals surface area contributed by atoms with Gasteiger partial charge in [0.2, 0.25) is 5.91 Å². The molecule has 0 aliphatic carbocycles. The molecule has 1 aromatic rings. The fourth-order valence-electron chi connectivity index (χ4n) is 1.67. The molecule has 3 nitrogen and oxygen atoms in total. The lowest BCUT2D eigenvalue weighted by Gasteiger charge is -2.08. The van der Waals surface area contributed by atoms with Crippen molar-refractivity contribution in [1.82, 2.24) is 5.32 Å². The summed E-state index contributed by atoms with van der Waals surface area (Å²) in [5.41, 5.74) is 8.17. The molecule has 3 N–H and O–H groups in total. The van der Waals surface area contributed by atoms with Crippen LogP contribution in [0.4, 0.5) is 0 Å². The highest BCUT2D eigenvalue weighted by Gasteiger charge is 2.03. The molecule has 0 spiro atoms. The van der Waals surface area contributed by atoms with Crippen molar-refractivity contribution in [2.24, 2.45) is 5.73 Å². The van der Waals surface area contributed by atoms with Gasteiger partial charge in [-0.3, -0.25) is 4.79 Å². The van der Waals surface area contributed by atoms with Crippen LogP contribution in [0.5, 0.6) is 0 Å². The number of carbonyl (C=O) groups is 1. The SMILES string of the molecule is Cc1ccccc1CCNC(=O)CCC(C)N. The van der Waals surface area contributed by atoms with Crippen molar-refractivity contribution >= 4 is 5.91 Å². The summed E-state index contributed by atoms with van der Waals surface area (Å²) in [5.74, 6) is 0.0934. The lowest BCUT2D eigenvalue weighted by molar-refractivity contribution is -0.121. The molecule has 94 valence electrons. The second-order valence-electron chi connectivity index (χ2n) is 4.54. The van der Waals surface area contributed by atoms with Crippen molar-refractivity contribution in [3.05, 3.63) is 35.4 Å². The van der Waals surface area contributed by atoms with Gasteiger partial charge in [-0.1, -0.05) is 24.3 Å². The zero-order chi connectivity index (χ0) is 12.7. The van der Waals surface area contributed by atoms with E-state index in [0.29, 0.717) is 13.0 Å². The van der Waals surface area contributed by atoms with Crippen LogP contribution in [0.1, 0.15) is 30.9 Å². The second kappa shape index (κ2) is 7.07. The minimum atomic E-state index is 0.0934. The summed E-state index contributed by atoms with van der Waals surface area (Å²) >= 11 is 0. The highest BCUT2D eigenvalue weighted by atomic mass is 16.1. The van der Waals surface area contributed by atoms with Gasteiger partial charge in [-0.2, -0.15) is 0 Å². The highest BCUT2D eigenvalue weighted by Crippen LogP contribution is 2.06. The van der Waals surface area contributed by atoms with Crippen LogP contribution in [-0.4, -0.2) is 18.5 Å². The number of rotatable bonds is 6. The Hall–Kier alpha value is -1.35. The van der Waals surface area contributed by atoms with Crippen LogP contribution >= 0.6 is 0 Å². The van der Waals surface area contributed by atoms with Gasteiger partial charge in [-0.15, -0.1) is 0 Å². The van der Waals surface area contributed by atoms with E-state index in [4.69, 9.17) is 5.73 Å². The van der Waals surface area contributed by atoms with Crippen molar-refractivity contribution in [3.8, 4) is 0 Å². The molecule has 0 bridgehead atoms. The Balaban J connectivity index is 2.24. The topological polar surface area (TPSA) is 55.1 Å². The molecule has 3 heteroatoms. The zero-order valence-electron chi connectivity index (χ0n) is 10.7. The van der Waals surface area contributed by atoms with E-state index in [1.807, 2.05) is 19.1 Å². The standard InChI is InChI=1S/C14H22N2O/c1-11-5-3-4-6-13(11)9-10-16-14(17)8-7-12(2)15/h3-6,12H,7-10,15H2,1-2H3,(H,16,17). The minimum absolute atomic E-state index is 0.0934. The lowest BCUT2D eigenvalue weighted by atomic mass is 10.1. The summed E-state index contributed by atoms with van der Waals surface area (Å²) < 4.78 is 0. The number of carbonyl (C=O) groups excluding carboxylic acids is 1. The Morgan fingerprint density at radius 3 is 2.76 bits per heavy atom. The smallest absolute Gasteiger partial charge is 0.220 e. The summed E-state index contributed by atoms with van der Waals surface area (Å²) in [6.45, 7) is 4.70. The molecule has 0 aliphatic rings. The number of nitrogens with two attached hydrogens (primary N) is 1. The van der Waals surface area contributed by atoms with E-state index in [2.05, 4.69) is 24.4 Å². The third-order valence-electron chi connectivity index (χ3n) is 2.80. The van der Waals surface area contributed by atoms with Crippen LogP contribution in [0.15, 0.2) is 24.3 Å². The molecule has 0 aromatic heterocycles. The minimum Gasteiger partial charge on any atom is -0.356 e. The maximum absolute atomic E-state index is 11.5. The van der Waals surface area contributed by atoms with Crippen LogP contribution < -0.4 is 11.1 Å². The summed E-state index contributed by atoms with van der Waals surface area (Å²) in [5, 5.41) is 2.92. The Morgan fingerprint density at radius 2 is 2.12 bits per heavy atom. The normalized spacial score (nSPS) is 12.2. The average molecular weight is 234 g/mol. The van der Waals surface area contributed by atoms with Crippen molar-refractivity contribution in [3.63, 3.8) is 0 Å². The second-order valence-corrected chi connectivity index (χ2v) is 4.54. The summed E-state index contributed by atoms with van der Waals surface area (Å²) in [7, 11) is 0. The predicted molar refractivity (Wildman–Crippen MR) is 70.8 cm³/mol. The van der Waals surface area contributed by atoms with Gasteiger partial charge in [-0.05, 0) is 37.8 Å². The Morgan fingerprint density at radius 1 is 1.41 bits per heavy atom. The molecule has 0 heterocycles. The van der Waals surface area contributed by atoms with Crippen LogP contribution in [0.3, 0.4) is 0 Å². The van der Waals surface area contributed by atoms with Gasteiger partial charge in [0, 0.05) is 19.0 Å². The number of nitrogens with one attached hydrogen (secondary N) is 1. The Kier molecular flexibility index (Phi) is 5.70. The molecule has 0 radical (unpaired) electrons. The van der Waals surface area contributed by atoms with E-state index in [1.165, 1.54) is 11.1 Å². The molecular formula is C14H22N2O. The first kappa shape index (κ1) is 13.7. The van der Waals surface area contributed by atoms with Gasteiger partial charge in [-0.25, -0.2) is 0 Å². The summed E-state index contributed by atoms with van der Waals surface area (Å²) in [6.07, 6.45) is 2.15. The van der Waals surface area contributed by atoms with E-state index in [-0.39, 0.29) is 11.9 Å². The van der Waals surface area contributed by atoms with Crippen molar-refractivity contribution in [2.45, 2.75) is 39.2 Å². The molecular weight excluding hydrogens is 212 g/mol. The Bertz CT molecular complexity index is 361. The monoisotopic (exact) mass is 234 g/mol. The van der Waals surface area contributed by atoms with E-state index < -0.39 is 0 Å². The lowest BCUT2D eigenvalue weighted by Crippen LogP contribution is -2.27. The van der Waals surface area contributed by atoms with Gasteiger partial charge in [0.05, 0.1) is 0 Å². The van der Waals surface area contributed by atoms with Crippen molar-refractivity contribution in [1.29, 1.82) is 0 Å². The zero-order valence-corrected chi connectivity index (χ0v) is 10.7. The predicted octanol–water partition coefficient (Wildman–Crippen LogP) is 1.78. The van der Waals surface area contributed by atoms with Gasteiger partial charge in [0.15, 0.2) is 0 Å². The number of amides is 1. The molecule has 1 rings (SSSR count). The van der Waals surface area contributed by atoms with Crippen LogP contribution in [-0.2, 0) is 11.2 Å². The molecule has 1 atom stereocenters. The highest BCUT2D eigenvalue weighted by molar-refractivity contribution is 5.75. The van der Waals surface area contributed by atoms with Gasteiger partial charge < -0.3 is 11.1 Å². The fourth-order valence-corrected chi connectivity index (χ4v) is 1.67. The number of hydrogen-bond donors (Lipinski definition) is 2. The summed E-state index contributed by atoms with van der Waals surface area (Å²) in [6, 6.07) is 8.34. The maximum atomic E-state index is 11.5. The molecule has 17 heavy (non-hydrogen) atoms. The molecule has 1 unspecified atom stereocenters. The van der Waals surface area contributed by atoms with Gasteiger partial charge in [0.25, 0.3) is 0 Å². The van der Waals surface area contributed by atoms with Gasteiger partial charge >= 0.3 is 0 Å². The van der Waals surface area contributed by atoms with E-state index >= 15 is 0 Å². The first-order chi connectivity index (χ1) is 8.09. The molecule has 0 aliphatic heterocycles. The van der Waals surface area contributed by atoms with E-state index in [0.717, 1.165) is 12.8 Å². The molecule has 1 amide bonds. The molecule has 0 saturated carbocycles. The maximum Gasteiger partial charge on any atom is 0.220 e. The van der Waals surface area contributed by atoms with Crippen molar-refractivity contribution in [2.75, 3.05) is 6.54 Å². The van der Waals surface area contributed by atoms with Crippen molar-refractivity contribution < 1.29 is 4.79 Å².